The molecular weight excluding hydrogens is 406 g/mol. The normalized spacial score (nSPS) is 11.1. The van der Waals surface area contributed by atoms with Crippen LogP contribution >= 0.6 is 0 Å². The molecule has 3 rings (SSSR count). The minimum absolute atomic E-state index is 0.0977. The van der Waals surface area contributed by atoms with Gasteiger partial charge in [0.05, 0.1) is 5.56 Å². The minimum atomic E-state index is -4.92. The third-order valence-electron chi connectivity index (χ3n) is 3.80. The fourth-order valence-corrected chi connectivity index (χ4v) is 2.49. The molecule has 6 nitrogen and oxygen atoms in total. The van der Waals surface area contributed by atoms with Crippen LogP contribution < -0.4 is 20.5 Å². The van der Waals surface area contributed by atoms with Crippen molar-refractivity contribution in [2.45, 2.75) is 12.9 Å². The molecule has 0 radical (unpaired) electrons. The first-order valence-corrected chi connectivity index (χ1v) is 8.52. The van der Waals surface area contributed by atoms with E-state index in [1.807, 2.05) is 0 Å². The second-order valence-corrected chi connectivity index (χ2v) is 6.01. The zero-order valence-corrected chi connectivity index (χ0v) is 15.2. The van der Waals surface area contributed by atoms with Crippen molar-refractivity contribution >= 4 is 11.7 Å². The molecule has 0 aliphatic carbocycles. The molecule has 0 atom stereocenters. The molecule has 0 unspecified atom stereocenters. The summed E-state index contributed by atoms with van der Waals surface area (Å²) in [6.45, 7) is 0.130. The summed E-state index contributed by atoms with van der Waals surface area (Å²) in [5.41, 5.74) is 6.53. The minimum Gasteiger partial charge on any atom is -0.454 e. The standard InChI is InChI=1S/C20H15F4N3O3/c21-16-10-14(30-20(22,23)24)6-7-17(16)29-13-4-1-3-12(9-13)11-27-19(28)15-5-2-8-26-18(15)25/h1-10H,11H2,(H2,25,26)(H,27,28). The second kappa shape index (κ2) is 8.68. The maximum atomic E-state index is 14.0. The monoisotopic (exact) mass is 421 g/mol. The van der Waals surface area contributed by atoms with Crippen LogP contribution in [0.4, 0.5) is 23.4 Å². The highest BCUT2D eigenvalue weighted by Crippen LogP contribution is 2.30. The number of amides is 1. The van der Waals surface area contributed by atoms with Gasteiger partial charge in [-0.15, -0.1) is 13.2 Å². The molecule has 30 heavy (non-hydrogen) atoms. The Labute approximate surface area is 168 Å². The summed E-state index contributed by atoms with van der Waals surface area (Å²) in [6, 6.07) is 12.1. The number of carbonyl (C=O) groups excluding carboxylic acids is 1. The van der Waals surface area contributed by atoms with E-state index >= 15 is 0 Å². The highest BCUT2D eigenvalue weighted by Gasteiger charge is 2.31. The number of nitrogens with zero attached hydrogens (tertiary/aromatic N) is 1. The molecule has 3 aromatic rings. The van der Waals surface area contributed by atoms with Crippen LogP contribution in [-0.4, -0.2) is 17.3 Å². The van der Waals surface area contributed by atoms with E-state index in [0.29, 0.717) is 11.6 Å². The van der Waals surface area contributed by atoms with Gasteiger partial charge in [0.25, 0.3) is 5.91 Å². The van der Waals surface area contributed by atoms with Gasteiger partial charge in [0.15, 0.2) is 11.6 Å². The van der Waals surface area contributed by atoms with E-state index in [1.54, 1.807) is 24.3 Å². The summed E-state index contributed by atoms with van der Waals surface area (Å²) in [5, 5.41) is 2.68. The molecule has 156 valence electrons. The fourth-order valence-electron chi connectivity index (χ4n) is 2.49. The van der Waals surface area contributed by atoms with Crippen molar-refractivity contribution in [2.24, 2.45) is 0 Å². The van der Waals surface area contributed by atoms with Crippen LogP contribution in [0, 0.1) is 5.82 Å². The lowest BCUT2D eigenvalue weighted by Gasteiger charge is -2.12. The second-order valence-electron chi connectivity index (χ2n) is 6.01. The predicted octanol–water partition coefficient (Wildman–Crippen LogP) is 4.42. The molecule has 0 saturated carbocycles. The van der Waals surface area contributed by atoms with Crippen LogP contribution in [0.5, 0.6) is 17.2 Å². The van der Waals surface area contributed by atoms with Crippen molar-refractivity contribution < 1.29 is 31.8 Å². The Morgan fingerprint density at radius 2 is 1.87 bits per heavy atom. The number of nitrogens with two attached hydrogens (primary N) is 1. The van der Waals surface area contributed by atoms with E-state index in [2.05, 4.69) is 15.0 Å². The molecule has 0 saturated heterocycles. The van der Waals surface area contributed by atoms with E-state index in [9.17, 15) is 22.4 Å². The summed E-state index contributed by atoms with van der Waals surface area (Å²) in [5.74, 6) is -2.10. The lowest BCUT2D eigenvalue weighted by Crippen LogP contribution is -2.24. The Bertz CT molecular complexity index is 1060. The number of ether oxygens (including phenoxy) is 2. The number of anilines is 1. The fraction of sp³-hybridized carbons (Fsp3) is 0.100. The summed E-state index contributed by atoms with van der Waals surface area (Å²) in [7, 11) is 0. The van der Waals surface area contributed by atoms with E-state index in [-0.39, 0.29) is 29.4 Å². The van der Waals surface area contributed by atoms with Gasteiger partial charge < -0.3 is 20.5 Å². The Morgan fingerprint density at radius 1 is 1.07 bits per heavy atom. The van der Waals surface area contributed by atoms with Gasteiger partial charge in [-0.05, 0) is 42.0 Å². The SMILES string of the molecule is Nc1ncccc1C(=O)NCc1cccc(Oc2ccc(OC(F)(F)F)cc2F)c1. The van der Waals surface area contributed by atoms with Gasteiger partial charge in [0.1, 0.15) is 17.3 Å². The Kier molecular flexibility index (Phi) is 6.05. The van der Waals surface area contributed by atoms with Crippen molar-refractivity contribution in [1.29, 1.82) is 0 Å². The Hall–Kier alpha value is -3.82. The average molecular weight is 421 g/mol. The third-order valence-corrected chi connectivity index (χ3v) is 3.80. The number of nitrogens with one attached hydrogen (secondary N) is 1. The molecule has 2 aromatic carbocycles. The average Bonchev–Trinajstić information content (AvgIpc) is 2.68. The number of hydrogen-bond donors (Lipinski definition) is 2. The van der Waals surface area contributed by atoms with Gasteiger partial charge in [0, 0.05) is 18.8 Å². The number of nitrogen functional groups attached to an aromatic ring is 1. The number of benzene rings is 2. The lowest BCUT2D eigenvalue weighted by molar-refractivity contribution is -0.274. The van der Waals surface area contributed by atoms with E-state index in [4.69, 9.17) is 10.5 Å². The quantitative estimate of drug-likeness (QED) is 0.576. The van der Waals surface area contributed by atoms with Crippen molar-refractivity contribution in [3.05, 3.63) is 77.7 Å². The van der Waals surface area contributed by atoms with Crippen LogP contribution in [-0.2, 0) is 6.54 Å². The summed E-state index contributed by atoms with van der Waals surface area (Å²) < 4.78 is 59.7. The lowest BCUT2D eigenvalue weighted by atomic mass is 10.2. The molecule has 1 aromatic heterocycles. The summed E-state index contributed by atoms with van der Waals surface area (Å²) >= 11 is 0. The van der Waals surface area contributed by atoms with E-state index in [0.717, 1.165) is 12.1 Å². The topological polar surface area (TPSA) is 86.5 Å². The number of alkyl halides is 3. The van der Waals surface area contributed by atoms with Gasteiger partial charge in [-0.3, -0.25) is 4.79 Å². The van der Waals surface area contributed by atoms with Crippen molar-refractivity contribution in [1.82, 2.24) is 10.3 Å². The Balaban J connectivity index is 1.66. The number of carbonyl (C=O) groups is 1. The zero-order chi connectivity index (χ0) is 21.7. The van der Waals surface area contributed by atoms with Crippen LogP contribution in [0.3, 0.4) is 0 Å². The maximum absolute atomic E-state index is 14.0. The van der Waals surface area contributed by atoms with Crippen molar-refractivity contribution in [3.8, 4) is 17.2 Å². The van der Waals surface area contributed by atoms with Crippen molar-refractivity contribution in [3.63, 3.8) is 0 Å². The van der Waals surface area contributed by atoms with E-state index < -0.39 is 23.8 Å². The number of aromatic nitrogens is 1. The number of halogens is 4. The molecule has 1 heterocycles. The van der Waals surface area contributed by atoms with Crippen LogP contribution in [0.25, 0.3) is 0 Å². The van der Waals surface area contributed by atoms with Gasteiger partial charge in [0.2, 0.25) is 0 Å². The number of pyridine rings is 1. The molecule has 0 spiro atoms. The number of hydrogen-bond acceptors (Lipinski definition) is 5. The van der Waals surface area contributed by atoms with Crippen molar-refractivity contribution in [2.75, 3.05) is 5.73 Å². The highest BCUT2D eigenvalue weighted by atomic mass is 19.4. The first-order valence-electron chi connectivity index (χ1n) is 8.52. The Morgan fingerprint density at radius 3 is 2.57 bits per heavy atom. The van der Waals surface area contributed by atoms with Gasteiger partial charge >= 0.3 is 6.36 Å². The smallest absolute Gasteiger partial charge is 0.454 e. The molecule has 0 fully saturated rings. The maximum Gasteiger partial charge on any atom is 0.573 e. The first-order chi connectivity index (χ1) is 14.2. The van der Waals surface area contributed by atoms with Gasteiger partial charge in [-0.2, -0.15) is 0 Å². The van der Waals surface area contributed by atoms with Gasteiger partial charge in [-0.1, -0.05) is 12.1 Å². The molecule has 0 aliphatic heterocycles. The predicted molar refractivity (Wildman–Crippen MR) is 99.4 cm³/mol. The molecule has 10 heteroatoms. The molecule has 0 aliphatic rings. The third kappa shape index (κ3) is 5.60. The highest BCUT2D eigenvalue weighted by molar-refractivity contribution is 5.98. The molecule has 1 amide bonds. The summed E-state index contributed by atoms with van der Waals surface area (Å²) in [4.78, 5) is 16.0. The van der Waals surface area contributed by atoms with Crippen LogP contribution in [0.2, 0.25) is 0 Å². The molecule has 0 bridgehead atoms. The summed E-state index contributed by atoms with van der Waals surface area (Å²) in [6.07, 6.45) is -3.46. The number of rotatable bonds is 6. The molecular formula is C20H15F4N3O3. The first kappa shape index (κ1) is 20.9. The van der Waals surface area contributed by atoms with E-state index in [1.165, 1.54) is 18.3 Å². The molecule has 3 N–H and O–H groups in total. The largest absolute Gasteiger partial charge is 0.573 e. The van der Waals surface area contributed by atoms with Crippen LogP contribution in [0.1, 0.15) is 15.9 Å². The zero-order valence-electron chi connectivity index (χ0n) is 15.2. The van der Waals surface area contributed by atoms with Crippen LogP contribution in [0.15, 0.2) is 60.8 Å². The van der Waals surface area contributed by atoms with Gasteiger partial charge in [-0.25, -0.2) is 9.37 Å².